The SMILES string of the molecule is [C-]#[N+]c1ccc2c(c1)c1cc(C#N)ccc1n2-c1cc(-n2c3ccccc3c3ccccc32)c2oc3c(-n4c5ccccc5c5ccccc54)cc(-n4c5ccccc5c5ccccc54)cc3c2c1. The van der Waals surface area contributed by atoms with Crippen LogP contribution >= 0.6 is 0 Å². The molecule has 0 aliphatic heterocycles. The highest BCUT2D eigenvalue weighted by atomic mass is 16.3. The van der Waals surface area contributed by atoms with Gasteiger partial charge in [-0.1, -0.05) is 115 Å². The van der Waals surface area contributed by atoms with Crippen molar-refractivity contribution in [2.24, 2.45) is 0 Å². The lowest BCUT2D eigenvalue weighted by Gasteiger charge is -2.14. The summed E-state index contributed by atoms with van der Waals surface area (Å²) in [4.78, 5) is 3.82. The van der Waals surface area contributed by atoms with Gasteiger partial charge in [0.1, 0.15) is 0 Å². The largest absolute Gasteiger partial charge is 0.452 e. The molecule has 0 atom stereocenters. The van der Waals surface area contributed by atoms with E-state index in [1.807, 2.05) is 36.4 Å². The molecule has 0 N–H and O–H groups in total. The maximum absolute atomic E-state index is 10.1. The molecule has 0 aliphatic rings. The van der Waals surface area contributed by atoms with E-state index in [9.17, 15) is 5.26 Å². The van der Waals surface area contributed by atoms with Crippen molar-refractivity contribution >= 4 is 115 Å². The molecule has 15 rings (SSSR count). The van der Waals surface area contributed by atoms with Crippen LogP contribution in [-0.2, 0) is 0 Å². The molecular weight excluding hydrogens is 845 g/mol. The van der Waals surface area contributed by atoms with Gasteiger partial charge in [-0.05, 0) is 96.4 Å². The molecule has 0 amide bonds. The van der Waals surface area contributed by atoms with Gasteiger partial charge in [0.05, 0.1) is 73.7 Å². The first-order valence-corrected chi connectivity index (χ1v) is 23.0. The predicted molar refractivity (Wildman–Crippen MR) is 282 cm³/mol. The number of hydrogen-bond acceptors (Lipinski definition) is 2. The molecule has 0 saturated heterocycles. The van der Waals surface area contributed by atoms with Crippen molar-refractivity contribution in [1.82, 2.24) is 18.3 Å². The number of aromatic nitrogens is 4. The fourth-order valence-electron chi connectivity index (χ4n) is 11.5. The Bertz CT molecular complexity index is 4590. The number of hydrogen-bond donors (Lipinski definition) is 0. The van der Waals surface area contributed by atoms with E-state index in [0.717, 1.165) is 110 Å². The molecule has 0 bridgehead atoms. The normalized spacial score (nSPS) is 12.0. The Balaban J connectivity index is 1.16. The van der Waals surface area contributed by atoms with Gasteiger partial charge in [0.2, 0.25) is 0 Å². The van der Waals surface area contributed by atoms with E-state index in [1.54, 1.807) is 0 Å². The maximum Gasteiger partial charge on any atom is 0.188 e. The molecule has 0 radical (unpaired) electrons. The van der Waals surface area contributed by atoms with Crippen molar-refractivity contribution in [2.45, 2.75) is 0 Å². The summed E-state index contributed by atoms with van der Waals surface area (Å²) in [6, 6.07) is 75.0. The van der Waals surface area contributed by atoms with Crippen molar-refractivity contribution in [2.75, 3.05) is 0 Å². The number of benzene rings is 10. The topological polar surface area (TPSA) is 61.0 Å². The first kappa shape index (κ1) is 37.4. The Morgan fingerprint density at radius 2 is 0.696 bits per heavy atom. The van der Waals surface area contributed by atoms with E-state index >= 15 is 0 Å². The Labute approximate surface area is 393 Å². The van der Waals surface area contributed by atoms with E-state index in [4.69, 9.17) is 11.0 Å². The molecule has 0 saturated carbocycles. The lowest BCUT2D eigenvalue weighted by molar-refractivity contribution is 0.663. The number of nitriles is 1. The van der Waals surface area contributed by atoms with E-state index in [-0.39, 0.29) is 0 Å². The first-order valence-electron chi connectivity index (χ1n) is 23.0. The maximum atomic E-state index is 10.1. The van der Waals surface area contributed by atoms with E-state index in [0.29, 0.717) is 11.3 Å². The van der Waals surface area contributed by atoms with Crippen LogP contribution in [0.4, 0.5) is 5.69 Å². The lowest BCUT2D eigenvalue weighted by Crippen LogP contribution is -2.00. The molecule has 0 unspecified atom stereocenters. The highest BCUT2D eigenvalue weighted by Gasteiger charge is 2.26. The summed E-state index contributed by atoms with van der Waals surface area (Å²) in [5.74, 6) is 0. The first-order chi connectivity index (χ1) is 34.1. The Hall–Kier alpha value is -9.82. The molecule has 0 aliphatic carbocycles. The summed E-state index contributed by atoms with van der Waals surface area (Å²) >= 11 is 0. The predicted octanol–water partition coefficient (Wildman–Crippen LogP) is 16.4. The second-order valence-electron chi connectivity index (χ2n) is 17.9. The molecule has 0 fully saturated rings. The summed E-state index contributed by atoms with van der Waals surface area (Å²) in [5, 5.41) is 20.8. The molecule has 10 aromatic carbocycles. The fourth-order valence-corrected chi connectivity index (χ4v) is 11.5. The van der Waals surface area contributed by atoms with Gasteiger partial charge in [0.15, 0.2) is 16.9 Å². The average Bonchev–Trinajstić information content (AvgIpc) is 4.21. The number of rotatable bonds is 4. The van der Waals surface area contributed by atoms with Gasteiger partial charge in [-0.25, -0.2) is 4.85 Å². The number of nitrogens with zero attached hydrogens (tertiary/aromatic N) is 6. The average molecular weight is 879 g/mol. The highest BCUT2D eigenvalue weighted by molar-refractivity contribution is 6.18. The number of fused-ring (bicyclic) bond motifs is 15. The van der Waals surface area contributed by atoms with Crippen LogP contribution in [0, 0.1) is 17.9 Å². The quantitative estimate of drug-likeness (QED) is 0.165. The highest BCUT2D eigenvalue weighted by Crippen LogP contribution is 2.46. The second-order valence-corrected chi connectivity index (χ2v) is 17.9. The minimum absolute atomic E-state index is 0.543. The van der Waals surface area contributed by atoms with Gasteiger partial charge < -0.3 is 22.7 Å². The minimum Gasteiger partial charge on any atom is -0.452 e. The van der Waals surface area contributed by atoms with Crippen LogP contribution in [-0.4, -0.2) is 18.3 Å². The molecule has 0 spiro atoms. The molecule has 15 aromatic rings. The van der Waals surface area contributed by atoms with Crippen LogP contribution in [0.25, 0.3) is 137 Å². The van der Waals surface area contributed by atoms with Crippen molar-refractivity contribution < 1.29 is 4.42 Å². The Kier molecular flexibility index (Phi) is 7.51. The molecule has 7 heteroatoms. The van der Waals surface area contributed by atoms with Crippen molar-refractivity contribution in [3.63, 3.8) is 0 Å². The number of para-hydroxylation sites is 6. The van der Waals surface area contributed by atoms with E-state index < -0.39 is 0 Å². The van der Waals surface area contributed by atoms with Gasteiger partial charge in [-0.3, -0.25) is 0 Å². The van der Waals surface area contributed by atoms with Crippen molar-refractivity contribution in [3.05, 3.63) is 223 Å². The third-order valence-corrected chi connectivity index (χ3v) is 14.3. The van der Waals surface area contributed by atoms with Gasteiger partial charge in [-0.15, -0.1) is 0 Å². The van der Waals surface area contributed by atoms with Gasteiger partial charge in [0.25, 0.3) is 0 Å². The minimum atomic E-state index is 0.543. The Morgan fingerprint density at radius 3 is 1.09 bits per heavy atom. The van der Waals surface area contributed by atoms with E-state index in [2.05, 4.69) is 199 Å². The molecule has 318 valence electrons. The van der Waals surface area contributed by atoms with Crippen LogP contribution in [0.5, 0.6) is 0 Å². The van der Waals surface area contributed by atoms with Crippen LogP contribution in [0.3, 0.4) is 0 Å². The van der Waals surface area contributed by atoms with Gasteiger partial charge >= 0.3 is 0 Å². The third-order valence-electron chi connectivity index (χ3n) is 14.3. The Morgan fingerprint density at radius 1 is 0.348 bits per heavy atom. The van der Waals surface area contributed by atoms with Crippen molar-refractivity contribution in [3.8, 4) is 28.8 Å². The molecule has 5 aromatic heterocycles. The van der Waals surface area contributed by atoms with Crippen LogP contribution in [0.2, 0.25) is 0 Å². The standard InChI is InChI=1S/C62H34N6O/c1-64-38-27-29-58-48(31-38)47-30-37(36-63)26-28-57(47)66(58)40-33-50-49-32-39(65-51-20-8-2-14-41(51)42-15-3-9-21-52(42)65)34-59(67-53-22-10-4-16-43(53)44-17-5-11-23-54(44)67)61(49)69-62(50)60(35-40)68-55-24-12-6-18-45(55)46-19-7-13-25-56(46)68/h2-35H. The summed E-state index contributed by atoms with van der Waals surface area (Å²) in [7, 11) is 0. The molecular formula is C62H34N6O. The summed E-state index contributed by atoms with van der Waals surface area (Å²) in [5.41, 5.74) is 14.8. The van der Waals surface area contributed by atoms with Crippen LogP contribution < -0.4 is 0 Å². The molecule has 69 heavy (non-hydrogen) atoms. The van der Waals surface area contributed by atoms with E-state index in [1.165, 1.54) is 21.5 Å². The van der Waals surface area contributed by atoms with Gasteiger partial charge in [0, 0.05) is 59.9 Å². The fraction of sp³-hybridized carbons (Fsp3) is 0. The zero-order valence-corrected chi connectivity index (χ0v) is 36.7. The third kappa shape index (κ3) is 5.08. The van der Waals surface area contributed by atoms with Crippen molar-refractivity contribution in [1.29, 1.82) is 5.26 Å². The monoisotopic (exact) mass is 878 g/mol. The number of furan rings is 1. The summed E-state index contributed by atoms with van der Waals surface area (Å²) in [6.07, 6.45) is 0. The van der Waals surface area contributed by atoms with Crippen LogP contribution in [0.15, 0.2) is 211 Å². The lowest BCUT2D eigenvalue weighted by atomic mass is 10.1. The van der Waals surface area contributed by atoms with Crippen LogP contribution in [0.1, 0.15) is 5.56 Å². The summed E-state index contributed by atoms with van der Waals surface area (Å²) in [6.45, 7) is 7.93. The second kappa shape index (κ2) is 13.9. The zero-order valence-electron chi connectivity index (χ0n) is 36.7. The smallest absolute Gasteiger partial charge is 0.188 e. The summed E-state index contributed by atoms with van der Waals surface area (Å²) < 4.78 is 17.0. The molecule has 7 nitrogen and oxygen atoms in total. The zero-order chi connectivity index (χ0) is 45.5. The molecule has 5 heterocycles. The van der Waals surface area contributed by atoms with Gasteiger partial charge in [-0.2, -0.15) is 5.26 Å².